The van der Waals surface area contributed by atoms with E-state index >= 15 is 0 Å². The molecular formula is C73H130O16P2. The summed E-state index contributed by atoms with van der Waals surface area (Å²) in [5.74, 6) is -1.59. The van der Waals surface area contributed by atoms with Gasteiger partial charge in [0.1, 0.15) is 25.4 Å². The summed E-state index contributed by atoms with van der Waals surface area (Å²) in [7, 11) is -9.77. The van der Waals surface area contributed by atoms with Gasteiger partial charge in [-0.2, -0.15) is 0 Å². The Hall–Kier alpha value is -3.27. The van der Waals surface area contributed by atoms with E-state index in [1.54, 1.807) is 0 Å². The van der Waals surface area contributed by atoms with Crippen molar-refractivity contribution in [3.63, 3.8) is 0 Å². The van der Waals surface area contributed by atoms with Gasteiger partial charge < -0.3 is 34.2 Å². The quantitative estimate of drug-likeness (QED) is 0.0146. The average Bonchev–Trinajstić information content (AvgIpc) is 3.54. The molecule has 0 saturated heterocycles. The fraction of sp³-hybridized carbons (Fsp3) is 0.767. The van der Waals surface area contributed by atoms with Crippen molar-refractivity contribution < 1.29 is 75.8 Å². The Morgan fingerprint density at radius 3 is 0.890 bits per heavy atom. The summed E-state index contributed by atoms with van der Waals surface area (Å²) in [6.07, 6.45) is 72.1. The molecule has 0 aliphatic heterocycles. The molecule has 0 aromatic heterocycles. The first-order valence-electron chi connectivity index (χ1n) is 35.9. The maximum absolute atomic E-state index is 12.9. The van der Waals surface area contributed by atoms with Crippen LogP contribution in [0.25, 0.3) is 0 Å². The third-order valence-corrected chi connectivity index (χ3v) is 17.0. The van der Waals surface area contributed by atoms with Crippen LogP contribution in [0.1, 0.15) is 303 Å². The predicted molar refractivity (Wildman–Crippen MR) is 371 cm³/mol. The van der Waals surface area contributed by atoms with Crippen LogP contribution in [0.4, 0.5) is 0 Å². The minimum absolute atomic E-state index is 0.105. The summed E-state index contributed by atoms with van der Waals surface area (Å²) in [6.45, 7) is 2.60. The smallest absolute Gasteiger partial charge is 0.463 e. The van der Waals surface area contributed by atoms with Gasteiger partial charge in [-0.3, -0.25) is 32.5 Å². The van der Waals surface area contributed by atoms with Crippen molar-refractivity contribution in [2.24, 2.45) is 0 Å². The van der Waals surface area contributed by atoms with Crippen molar-refractivity contribution in [2.45, 2.75) is 322 Å². The van der Waals surface area contributed by atoms with E-state index in [2.05, 4.69) is 106 Å². The summed E-state index contributed by atoms with van der Waals surface area (Å²) >= 11 is 0. The number of carbonyl (C=O) groups is 3. The first kappa shape index (κ1) is 87.7. The van der Waals surface area contributed by atoms with Gasteiger partial charge in [0.05, 0.1) is 26.4 Å². The summed E-state index contributed by atoms with van der Waals surface area (Å²) in [5.41, 5.74) is 0. The Labute approximate surface area is 553 Å². The van der Waals surface area contributed by atoms with E-state index in [1.165, 1.54) is 109 Å². The molecule has 0 aromatic carbocycles. The van der Waals surface area contributed by atoms with E-state index in [1.807, 2.05) is 0 Å². The summed E-state index contributed by atoms with van der Waals surface area (Å²) in [6, 6.07) is 0. The Morgan fingerprint density at radius 1 is 0.308 bits per heavy atom. The lowest BCUT2D eigenvalue weighted by atomic mass is 10.1. The zero-order valence-corrected chi connectivity index (χ0v) is 59.0. The molecule has 0 spiro atoms. The van der Waals surface area contributed by atoms with Gasteiger partial charge in [0, 0.05) is 19.3 Å². The van der Waals surface area contributed by atoms with E-state index < -0.39 is 91.5 Å². The van der Waals surface area contributed by atoms with Crippen molar-refractivity contribution in [1.29, 1.82) is 0 Å². The fourth-order valence-electron chi connectivity index (χ4n) is 9.56. The van der Waals surface area contributed by atoms with Crippen LogP contribution >= 0.6 is 15.6 Å². The lowest BCUT2D eigenvalue weighted by molar-refractivity contribution is -0.161. The molecule has 16 nitrogen and oxygen atoms in total. The molecule has 0 saturated carbocycles. The van der Waals surface area contributed by atoms with E-state index in [0.717, 1.165) is 135 Å². The minimum Gasteiger partial charge on any atom is -0.463 e. The van der Waals surface area contributed by atoms with Gasteiger partial charge >= 0.3 is 33.6 Å². The Bertz CT molecular complexity index is 2000. The van der Waals surface area contributed by atoms with E-state index in [0.29, 0.717) is 19.3 Å². The molecule has 18 heteroatoms. The lowest BCUT2D eigenvalue weighted by Crippen LogP contribution is -2.30. The third kappa shape index (κ3) is 67.9. The van der Waals surface area contributed by atoms with Crippen molar-refractivity contribution >= 4 is 33.6 Å². The van der Waals surface area contributed by atoms with E-state index in [9.17, 15) is 43.5 Å². The number of aliphatic hydroxyl groups excluding tert-OH is 2. The molecule has 5 unspecified atom stereocenters. The number of hydrogen-bond acceptors (Lipinski definition) is 14. The Morgan fingerprint density at radius 2 is 0.549 bits per heavy atom. The number of esters is 3. The van der Waals surface area contributed by atoms with Crippen LogP contribution in [0.2, 0.25) is 0 Å². The summed E-state index contributed by atoms with van der Waals surface area (Å²) < 4.78 is 60.9. The zero-order chi connectivity index (χ0) is 66.7. The summed E-state index contributed by atoms with van der Waals surface area (Å²) in [5, 5.41) is 20.6. The molecule has 0 radical (unpaired) electrons. The first-order valence-corrected chi connectivity index (χ1v) is 38.9. The molecule has 0 rings (SSSR count). The van der Waals surface area contributed by atoms with Crippen LogP contribution in [0.15, 0.2) is 85.1 Å². The SMILES string of the molecule is CCCCC/C=C\C/C=C\C/C=C\C/C=C\CCCCCCCCCCCC(=O)OCC(O)COP(=O)(O)OCC(O)COP(=O)(O)OCC(COC(=O)CCCCCCCC/C=C\C/C=C\C/C=C\CCCCC)OC(=O)CCCCCCCCCCCCC. The van der Waals surface area contributed by atoms with Crippen LogP contribution < -0.4 is 0 Å². The number of phosphoric acid groups is 2. The van der Waals surface area contributed by atoms with Crippen LogP contribution in [0, 0.1) is 0 Å². The van der Waals surface area contributed by atoms with Gasteiger partial charge in [-0.1, -0.05) is 266 Å². The zero-order valence-electron chi connectivity index (χ0n) is 57.3. The molecular weight excluding hydrogens is 1190 g/mol. The molecule has 0 heterocycles. The minimum atomic E-state index is -4.92. The van der Waals surface area contributed by atoms with Crippen molar-refractivity contribution in [3.05, 3.63) is 85.1 Å². The number of phosphoric ester groups is 2. The standard InChI is InChI=1S/C73H130O16P2/c1-4-7-10-13-16-19-22-24-26-28-30-31-32-33-34-35-37-39-40-42-45-47-50-53-56-59-71(76)83-62-68(74)63-85-90(79,80)86-64-69(75)65-87-91(81,82)88-67-70(89-73(78)61-58-55-52-49-44-21-18-15-12-9-6-3)66-84-72(77)60-57-54-51-48-46-43-41-38-36-29-27-25-23-20-17-14-11-8-5-2/h16-17,19-20,24-27,30-31,33-34,36,38,68-70,74-75H,4-15,18,21-23,28-29,32,35,37,39-67H2,1-3H3,(H,79,80)(H,81,82)/b19-16-,20-17-,26-24-,27-25-,31-30-,34-33-,38-36-. The number of allylic oxidation sites excluding steroid dienone is 14. The van der Waals surface area contributed by atoms with Crippen LogP contribution in [0.5, 0.6) is 0 Å². The second-order valence-corrected chi connectivity index (χ2v) is 26.9. The largest absolute Gasteiger partial charge is 0.472 e. The Balaban J connectivity index is 4.52. The molecule has 91 heavy (non-hydrogen) atoms. The lowest BCUT2D eigenvalue weighted by Gasteiger charge is -2.21. The molecule has 0 bridgehead atoms. The van der Waals surface area contributed by atoms with Crippen LogP contribution in [0.3, 0.4) is 0 Å². The maximum Gasteiger partial charge on any atom is 0.472 e. The monoisotopic (exact) mass is 1320 g/mol. The number of ether oxygens (including phenoxy) is 3. The molecule has 0 amide bonds. The van der Waals surface area contributed by atoms with Gasteiger partial charge in [0.25, 0.3) is 0 Å². The van der Waals surface area contributed by atoms with E-state index in [-0.39, 0.29) is 19.3 Å². The van der Waals surface area contributed by atoms with Gasteiger partial charge in [-0.25, -0.2) is 9.13 Å². The normalized spacial score (nSPS) is 14.7. The molecule has 4 N–H and O–H groups in total. The number of hydrogen-bond donors (Lipinski definition) is 4. The van der Waals surface area contributed by atoms with Gasteiger partial charge in [-0.05, 0) is 103 Å². The van der Waals surface area contributed by atoms with Gasteiger partial charge in [0.2, 0.25) is 0 Å². The molecule has 0 aliphatic rings. The van der Waals surface area contributed by atoms with Gasteiger partial charge in [0.15, 0.2) is 6.10 Å². The highest BCUT2D eigenvalue weighted by Gasteiger charge is 2.29. The highest BCUT2D eigenvalue weighted by atomic mass is 31.2. The topological polar surface area (TPSA) is 231 Å². The van der Waals surface area contributed by atoms with Crippen molar-refractivity contribution in [2.75, 3.05) is 39.6 Å². The predicted octanol–water partition coefficient (Wildman–Crippen LogP) is 20.1. The maximum atomic E-state index is 12.9. The van der Waals surface area contributed by atoms with Crippen molar-refractivity contribution in [3.8, 4) is 0 Å². The van der Waals surface area contributed by atoms with Crippen LogP contribution in [-0.2, 0) is 55.8 Å². The van der Waals surface area contributed by atoms with Gasteiger partial charge in [-0.15, -0.1) is 0 Å². The number of aliphatic hydroxyl groups is 2. The second kappa shape index (κ2) is 66.7. The highest BCUT2D eigenvalue weighted by Crippen LogP contribution is 2.45. The van der Waals surface area contributed by atoms with E-state index in [4.69, 9.17) is 32.3 Å². The first-order chi connectivity index (χ1) is 44.2. The summed E-state index contributed by atoms with van der Waals surface area (Å²) in [4.78, 5) is 58.4. The number of rotatable bonds is 68. The molecule has 0 aromatic rings. The van der Waals surface area contributed by atoms with Crippen molar-refractivity contribution in [1.82, 2.24) is 0 Å². The number of unbranched alkanes of at least 4 members (excludes halogenated alkanes) is 31. The highest BCUT2D eigenvalue weighted by molar-refractivity contribution is 7.47. The molecule has 528 valence electrons. The molecule has 0 fully saturated rings. The Kier molecular flexibility index (Phi) is 64.3. The molecule has 5 atom stereocenters. The molecule has 0 aliphatic carbocycles. The second-order valence-electron chi connectivity index (χ2n) is 24.0. The number of carbonyl (C=O) groups excluding carboxylic acids is 3. The average molecular weight is 1330 g/mol. The fourth-order valence-corrected chi connectivity index (χ4v) is 11.1. The van der Waals surface area contributed by atoms with Crippen LogP contribution in [-0.4, -0.2) is 95.9 Å². The third-order valence-electron chi connectivity index (χ3n) is 15.1.